The van der Waals surface area contributed by atoms with Crippen molar-refractivity contribution in [2.45, 2.75) is 394 Å². The molecular formula is C73H142O17P2. The van der Waals surface area contributed by atoms with Gasteiger partial charge in [-0.25, -0.2) is 9.13 Å². The number of aliphatic hydroxyl groups is 1. The maximum Gasteiger partial charge on any atom is 0.472 e. The van der Waals surface area contributed by atoms with Crippen LogP contribution in [0.1, 0.15) is 375 Å². The molecule has 0 heterocycles. The summed E-state index contributed by atoms with van der Waals surface area (Å²) in [5, 5.41) is 10.6. The van der Waals surface area contributed by atoms with Crippen molar-refractivity contribution in [3.8, 4) is 0 Å². The van der Waals surface area contributed by atoms with Crippen LogP contribution >= 0.6 is 15.6 Å². The number of aliphatic hydroxyl groups excluding tert-OH is 1. The highest BCUT2D eigenvalue weighted by Gasteiger charge is 2.30. The molecule has 0 aliphatic rings. The lowest BCUT2D eigenvalue weighted by Crippen LogP contribution is -2.30. The number of phosphoric acid groups is 2. The van der Waals surface area contributed by atoms with Crippen LogP contribution in [0.15, 0.2) is 0 Å². The molecule has 0 saturated heterocycles. The van der Waals surface area contributed by atoms with Gasteiger partial charge in [-0.15, -0.1) is 0 Å². The first-order valence-corrected chi connectivity index (χ1v) is 41.0. The maximum absolute atomic E-state index is 13.0. The van der Waals surface area contributed by atoms with Crippen molar-refractivity contribution >= 4 is 39.5 Å². The second-order valence-corrected chi connectivity index (χ2v) is 30.2. The van der Waals surface area contributed by atoms with Crippen LogP contribution < -0.4 is 0 Å². The molecule has 0 bridgehead atoms. The minimum absolute atomic E-state index is 0.103. The highest BCUT2D eigenvalue weighted by atomic mass is 31.2. The summed E-state index contributed by atoms with van der Waals surface area (Å²) < 4.78 is 68.3. The van der Waals surface area contributed by atoms with E-state index in [1.54, 1.807) is 0 Å². The second-order valence-electron chi connectivity index (χ2n) is 27.3. The number of hydrogen-bond donors (Lipinski definition) is 3. The van der Waals surface area contributed by atoms with E-state index >= 15 is 0 Å². The molecule has 0 rings (SSSR count). The van der Waals surface area contributed by atoms with Gasteiger partial charge >= 0.3 is 39.5 Å². The number of unbranched alkanes of at least 4 members (excludes halogenated alkanes) is 42. The molecule has 0 spiro atoms. The van der Waals surface area contributed by atoms with E-state index in [1.165, 1.54) is 193 Å². The smallest absolute Gasteiger partial charge is 0.462 e. The van der Waals surface area contributed by atoms with Crippen LogP contribution in [0.25, 0.3) is 0 Å². The van der Waals surface area contributed by atoms with Crippen LogP contribution in [0, 0.1) is 11.8 Å². The van der Waals surface area contributed by atoms with Crippen LogP contribution in [0.2, 0.25) is 0 Å². The van der Waals surface area contributed by atoms with Crippen LogP contribution in [-0.2, 0) is 65.4 Å². The van der Waals surface area contributed by atoms with Gasteiger partial charge in [0.25, 0.3) is 0 Å². The van der Waals surface area contributed by atoms with Gasteiger partial charge in [-0.2, -0.15) is 0 Å². The third-order valence-electron chi connectivity index (χ3n) is 17.0. The first kappa shape index (κ1) is 90.1. The summed E-state index contributed by atoms with van der Waals surface area (Å²) in [6, 6.07) is 0. The Kier molecular flexibility index (Phi) is 63.7. The average molecular weight is 1350 g/mol. The molecule has 5 atom stereocenters. The van der Waals surface area contributed by atoms with E-state index in [0.717, 1.165) is 95.8 Å². The fourth-order valence-corrected chi connectivity index (χ4v) is 12.7. The monoisotopic (exact) mass is 1350 g/mol. The van der Waals surface area contributed by atoms with E-state index in [0.29, 0.717) is 31.6 Å². The fraction of sp³-hybridized carbons (Fsp3) is 0.945. The zero-order chi connectivity index (χ0) is 67.9. The molecule has 546 valence electrons. The van der Waals surface area contributed by atoms with Crippen molar-refractivity contribution in [3.63, 3.8) is 0 Å². The lowest BCUT2D eigenvalue weighted by Gasteiger charge is -2.21. The minimum Gasteiger partial charge on any atom is -0.462 e. The molecular weight excluding hydrogens is 1210 g/mol. The number of carbonyl (C=O) groups is 4. The molecule has 92 heavy (non-hydrogen) atoms. The normalized spacial score (nSPS) is 14.1. The Morgan fingerprint density at radius 3 is 0.739 bits per heavy atom. The molecule has 3 N–H and O–H groups in total. The fourth-order valence-electron chi connectivity index (χ4n) is 11.1. The molecule has 0 radical (unpaired) electrons. The van der Waals surface area contributed by atoms with Crippen LogP contribution in [0.5, 0.6) is 0 Å². The van der Waals surface area contributed by atoms with Gasteiger partial charge in [0.1, 0.15) is 19.3 Å². The zero-order valence-electron chi connectivity index (χ0n) is 59.9. The number of ether oxygens (including phenoxy) is 4. The topological polar surface area (TPSA) is 237 Å². The van der Waals surface area contributed by atoms with Crippen molar-refractivity contribution in [2.75, 3.05) is 39.6 Å². The molecule has 0 aromatic heterocycles. The molecule has 17 nitrogen and oxygen atoms in total. The summed E-state index contributed by atoms with van der Waals surface area (Å²) in [7, 11) is -9.90. The lowest BCUT2D eigenvalue weighted by molar-refractivity contribution is -0.161. The number of phosphoric ester groups is 2. The van der Waals surface area contributed by atoms with Crippen LogP contribution in [0.3, 0.4) is 0 Å². The average Bonchev–Trinajstić information content (AvgIpc) is 2.71. The van der Waals surface area contributed by atoms with Crippen LogP contribution in [-0.4, -0.2) is 96.7 Å². The molecule has 0 fully saturated rings. The van der Waals surface area contributed by atoms with E-state index in [2.05, 4.69) is 41.5 Å². The SMILES string of the molecule is CCCCCCCCCCCCCCCCCCCCCCCC(=O)O[C@H](COC(=O)CCCCCCCCCCCC(C)C)COP(=O)(O)OC[C@@H](O)COP(=O)(O)OC[C@@H](COC(=O)CCCCCCCCCCC)OC(=O)CCCCCCCCCC(C)C. The summed E-state index contributed by atoms with van der Waals surface area (Å²) >= 11 is 0. The van der Waals surface area contributed by atoms with Gasteiger partial charge in [-0.05, 0) is 37.5 Å². The third-order valence-corrected chi connectivity index (χ3v) is 18.9. The highest BCUT2D eigenvalue weighted by molar-refractivity contribution is 7.47. The molecule has 0 aliphatic carbocycles. The summed E-state index contributed by atoms with van der Waals surface area (Å²) in [4.78, 5) is 72.5. The number of hydrogen-bond acceptors (Lipinski definition) is 15. The predicted molar refractivity (Wildman–Crippen MR) is 372 cm³/mol. The van der Waals surface area contributed by atoms with Gasteiger partial charge in [0, 0.05) is 25.7 Å². The van der Waals surface area contributed by atoms with E-state index in [4.69, 9.17) is 37.0 Å². The van der Waals surface area contributed by atoms with Crippen LogP contribution in [0.4, 0.5) is 0 Å². The van der Waals surface area contributed by atoms with Crippen molar-refractivity contribution in [1.29, 1.82) is 0 Å². The minimum atomic E-state index is -4.95. The Morgan fingerprint density at radius 1 is 0.293 bits per heavy atom. The molecule has 2 unspecified atom stereocenters. The standard InChI is InChI=1S/C73H142O17P2/c1-7-9-11-13-15-17-18-19-20-21-22-23-24-25-26-27-28-32-39-45-51-57-72(77)89-68(61-84-71(76)56-50-44-38-33-29-31-35-41-47-53-65(3)4)63-87-91(79,80)85-59-67(74)60-86-92(81,82)88-64-69(62-83-70(75)55-49-43-37-30-16-14-12-10-8-2)90-73(78)58-52-46-40-34-36-42-48-54-66(5)6/h65-69,74H,7-64H2,1-6H3,(H,79,80)(H,81,82)/t67-,68-,69-/m1/s1. The van der Waals surface area contributed by atoms with Crippen molar-refractivity contribution in [3.05, 3.63) is 0 Å². The number of esters is 4. The van der Waals surface area contributed by atoms with Gasteiger partial charge in [0.15, 0.2) is 12.2 Å². The Hall–Kier alpha value is -1.94. The van der Waals surface area contributed by atoms with Gasteiger partial charge < -0.3 is 33.8 Å². The summed E-state index contributed by atoms with van der Waals surface area (Å²) in [5.74, 6) is -0.686. The lowest BCUT2D eigenvalue weighted by atomic mass is 10.0. The van der Waals surface area contributed by atoms with E-state index < -0.39 is 97.5 Å². The summed E-state index contributed by atoms with van der Waals surface area (Å²) in [5.41, 5.74) is 0. The first-order valence-electron chi connectivity index (χ1n) is 38.0. The van der Waals surface area contributed by atoms with Crippen molar-refractivity contribution in [2.24, 2.45) is 11.8 Å². The number of carbonyl (C=O) groups excluding carboxylic acids is 4. The molecule has 0 aromatic carbocycles. The second kappa shape index (κ2) is 65.0. The van der Waals surface area contributed by atoms with Gasteiger partial charge in [0.2, 0.25) is 0 Å². The molecule has 0 saturated carbocycles. The van der Waals surface area contributed by atoms with Crippen molar-refractivity contribution in [1.82, 2.24) is 0 Å². The highest BCUT2D eigenvalue weighted by Crippen LogP contribution is 2.45. The Morgan fingerprint density at radius 2 is 0.500 bits per heavy atom. The quantitative estimate of drug-likeness (QED) is 0.0222. The molecule has 0 aromatic rings. The molecule has 0 aliphatic heterocycles. The van der Waals surface area contributed by atoms with E-state index in [9.17, 15) is 43.2 Å². The van der Waals surface area contributed by atoms with Gasteiger partial charge in [-0.1, -0.05) is 324 Å². The predicted octanol–water partition coefficient (Wildman–Crippen LogP) is 21.2. The zero-order valence-corrected chi connectivity index (χ0v) is 61.6. The first-order chi connectivity index (χ1) is 44.4. The number of rotatable bonds is 72. The third kappa shape index (κ3) is 66.7. The summed E-state index contributed by atoms with van der Waals surface area (Å²) in [6.45, 7) is 9.47. The van der Waals surface area contributed by atoms with Gasteiger partial charge in [-0.3, -0.25) is 37.3 Å². The van der Waals surface area contributed by atoms with E-state index in [1.807, 2.05) is 0 Å². The Balaban J connectivity index is 5.16. The Labute approximate surface area is 562 Å². The van der Waals surface area contributed by atoms with Gasteiger partial charge in [0.05, 0.1) is 26.4 Å². The molecule has 19 heteroatoms. The maximum atomic E-state index is 13.0. The van der Waals surface area contributed by atoms with Crippen molar-refractivity contribution < 1.29 is 80.2 Å². The molecule has 0 amide bonds. The summed E-state index contributed by atoms with van der Waals surface area (Å²) in [6.07, 6.45) is 51.7. The van der Waals surface area contributed by atoms with E-state index in [-0.39, 0.29) is 25.7 Å². The Bertz CT molecular complexity index is 1790. The largest absolute Gasteiger partial charge is 0.472 e.